The molecule has 0 unspecified atom stereocenters. The summed E-state index contributed by atoms with van der Waals surface area (Å²) < 4.78 is 5.55. The van der Waals surface area contributed by atoms with E-state index in [0.717, 1.165) is 10.6 Å². The van der Waals surface area contributed by atoms with Crippen LogP contribution in [0.15, 0.2) is 34.7 Å². The molecule has 0 aliphatic heterocycles. The molecule has 0 saturated carbocycles. The second kappa shape index (κ2) is 4.06. The first-order chi connectivity index (χ1) is 8.33. The third kappa shape index (κ3) is 1.94. The lowest BCUT2D eigenvalue weighted by molar-refractivity contribution is 0.583. The largest absolute Gasteiger partial charge is 0.414 e. The number of nitrogens with zero attached hydrogens (tertiary/aromatic N) is 4. The van der Waals surface area contributed by atoms with Gasteiger partial charge in [-0.2, -0.15) is 0 Å². The summed E-state index contributed by atoms with van der Waals surface area (Å²) in [5, 5.41) is 17.4. The van der Waals surface area contributed by atoms with E-state index in [1.165, 1.54) is 11.3 Å². The Kier molecular flexibility index (Phi) is 2.41. The van der Waals surface area contributed by atoms with Gasteiger partial charge in [-0.25, -0.2) is 0 Å². The van der Waals surface area contributed by atoms with Crippen LogP contribution >= 0.6 is 11.3 Å². The van der Waals surface area contributed by atoms with Gasteiger partial charge in [-0.1, -0.05) is 29.5 Å². The molecule has 5 nitrogen and oxygen atoms in total. The van der Waals surface area contributed by atoms with E-state index in [2.05, 4.69) is 20.4 Å². The van der Waals surface area contributed by atoms with Crippen molar-refractivity contribution in [2.75, 3.05) is 0 Å². The lowest BCUT2D eigenvalue weighted by Gasteiger charge is -1.91. The van der Waals surface area contributed by atoms with Crippen LogP contribution in [-0.2, 0) is 0 Å². The molecular formula is C11H8N4OS. The van der Waals surface area contributed by atoms with Gasteiger partial charge in [0.15, 0.2) is 0 Å². The first kappa shape index (κ1) is 10.1. The van der Waals surface area contributed by atoms with Crippen LogP contribution in [0.25, 0.3) is 22.4 Å². The average Bonchev–Trinajstić information content (AvgIpc) is 2.98. The molecular weight excluding hydrogens is 236 g/mol. The van der Waals surface area contributed by atoms with Crippen molar-refractivity contribution in [2.24, 2.45) is 0 Å². The van der Waals surface area contributed by atoms with Crippen molar-refractivity contribution in [3.8, 4) is 22.4 Å². The van der Waals surface area contributed by atoms with Gasteiger partial charge in [0.2, 0.25) is 10.9 Å². The molecule has 6 heteroatoms. The summed E-state index contributed by atoms with van der Waals surface area (Å²) in [6.07, 6.45) is 0. The number of aromatic nitrogens is 4. The van der Waals surface area contributed by atoms with E-state index >= 15 is 0 Å². The Morgan fingerprint density at radius 1 is 0.941 bits per heavy atom. The summed E-state index contributed by atoms with van der Waals surface area (Å²) in [4.78, 5) is 0. The van der Waals surface area contributed by atoms with Gasteiger partial charge in [-0.05, 0) is 19.1 Å². The zero-order valence-corrected chi connectivity index (χ0v) is 9.81. The molecule has 17 heavy (non-hydrogen) atoms. The monoisotopic (exact) mass is 244 g/mol. The molecule has 2 aromatic heterocycles. The molecule has 2 heterocycles. The second-order valence-electron chi connectivity index (χ2n) is 3.40. The lowest BCUT2D eigenvalue weighted by atomic mass is 10.2. The molecule has 0 spiro atoms. The van der Waals surface area contributed by atoms with E-state index in [1.807, 2.05) is 37.3 Å². The predicted octanol–water partition coefficient (Wildman–Crippen LogP) is 2.56. The minimum Gasteiger partial charge on any atom is -0.414 e. The molecule has 0 atom stereocenters. The highest BCUT2D eigenvalue weighted by atomic mass is 32.1. The zero-order valence-electron chi connectivity index (χ0n) is 8.99. The van der Waals surface area contributed by atoms with Crippen LogP contribution in [0.1, 0.15) is 5.01 Å². The smallest absolute Gasteiger partial charge is 0.279 e. The van der Waals surface area contributed by atoms with Gasteiger partial charge in [0, 0.05) is 5.56 Å². The number of benzene rings is 1. The van der Waals surface area contributed by atoms with Crippen LogP contribution in [0.3, 0.4) is 0 Å². The van der Waals surface area contributed by atoms with Gasteiger partial charge in [-0.3, -0.25) is 0 Å². The molecule has 0 radical (unpaired) electrons. The number of aryl methyl sites for hydroxylation is 1. The van der Waals surface area contributed by atoms with Crippen molar-refractivity contribution in [1.29, 1.82) is 0 Å². The molecule has 0 aliphatic rings. The van der Waals surface area contributed by atoms with Crippen molar-refractivity contribution in [3.05, 3.63) is 35.3 Å². The summed E-state index contributed by atoms with van der Waals surface area (Å²) in [6, 6.07) is 9.63. The Morgan fingerprint density at radius 3 is 2.41 bits per heavy atom. The van der Waals surface area contributed by atoms with Crippen LogP contribution in [-0.4, -0.2) is 20.4 Å². The standard InChI is InChI=1S/C11H8N4OS/c1-7-12-15-11(17-7)10-14-13-9(16-10)8-5-3-2-4-6-8/h2-6H,1H3. The maximum Gasteiger partial charge on any atom is 0.279 e. The maximum absolute atomic E-state index is 5.55. The summed E-state index contributed by atoms with van der Waals surface area (Å²) in [6.45, 7) is 1.88. The van der Waals surface area contributed by atoms with Gasteiger partial charge in [0.1, 0.15) is 5.01 Å². The highest BCUT2D eigenvalue weighted by molar-refractivity contribution is 7.14. The summed E-state index contributed by atoms with van der Waals surface area (Å²) >= 11 is 1.43. The van der Waals surface area contributed by atoms with Crippen molar-refractivity contribution >= 4 is 11.3 Å². The minimum absolute atomic E-state index is 0.412. The molecule has 0 aliphatic carbocycles. The van der Waals surface area contributed by atoms with Crippen LogP contribution < -0.4 is 0 Å². The second-order valence-corrected chi connectivity index (χ2v) is 4.59. The summed E-state index contributed by atoms with van der Waals surface area (Å²) in [7, 11) is 0. The fourth-order valence-corrected chi connectivity index (χ4v) is 2.00. The first-order valence-electron chi connectivity index (χ1n) is 5.02. The normalized spacial score (nSPS) is 10.6. The van der Waals surface area contributed by atoms with E-state index in [4.69, 9.17) is 4.42 Å². The molecule has 0 N–H and O–H groups in total. The van der Waals surface area contributed by atoms with Gasteiger partial charge in [0.25, 0.3) is 5.89 Å². The molecule has 0 bridgehead atoms. The number of hydrogen-bond acceptors (Lipinski definition) is 6. The van der Waals surface area contributed by atoms with Crippen LogP contribution in [0, 0.1) is 6.92 Å². The number of hydrogen-bond donors (Lipinski definition) is 0. The first-order valence-corrected chi connectivity index (χ1v) is 5.84. The molecule has 1 aromatic carbocycles. The summed E-state index contributed by atoms with van der Waals surface area (Å²) in [5.41, 5.74) is 0.896. The fraction of sp³-hybridized carbons (Fsp3) is 0.0909. The fourth-order valence-electron chi connectivity index (χ4n) is 1.39. The Labute approximate surface area is 101 Å². The average molecular weight is 244 g/mol. The molecule has 3 rings (SSSR count). The topological polar surface area (TPSA) is 64.7 Å². The van der Waals surface area contributed by atoms with E-state index in [-0.39, 0.29) is 0 Å². The lowest BCUT2D eigenvalue weighted by Crippen LogP contribution is -1.76. The Hall–Kier alpha value is -2.08. The van der Waals surface area contributed by atoms with E-state index in [9.17, 15) is 0 Å². The molecule has 0 fully saturated rings. The highest BCUT2D eigenvalue weighted by Crippen LogP contribution is 2.25. The van der Waals surface area contributed by atoms with Crippen molar-refractivity contribution in [1.82, 2.24) is 20.4 Å². The number of rotatable bonds is 2. The maximum atomic E-state index is 5.55. The van der Waals surface area contributed by atoms with Gasteiger partial charge < -0.3 is 4.42 Å². The third-order valence-electron chi connectivity index (χ3n) is 2.15. The Bertz CT molecular complexity index is 632. The predicted molar refractivity (Wildman–Crippen MR) is 63.4 cm³/mol. The van der Waals surface area contributed by atoms with Crippen molar-refractivity contribution in [2.45, 2.75) is 6.92 Å². The van der Waals surface area contributed by atoms with Gasteiger partial charge in [-0.15, -0.1) is 20.4 Å². The SMILES string of the molecule is Cc1nnc(-c2nnc(-c3ccccc3)o2)s1. The summed E-state index contributed by atoms with van der Waals surface area (Å²) in [5.74, 6) is 0.905. The zero-order chi connectivity index (χ0) is 11.7. The third-order valence-corrected chi connectivity index (χ3v) is 2.98. The van der Waals surface area contributed by atoms with Crippen LogP contribution in [0.4, 0.5) is 0 Å². The van der Waals surface area contributed by atoms with E-state index < -0.39 is 0 Å². The van der Waals surface area contributed by atoms with Gasteiger partial charge >= 0.3 is 0 Å². The minimum atomic E-state index is 0.412. The molecule has 84 valence electrons. The van der Waals surface area contributed by atoms with E-state index in [0.29, 0.717) is 16.8 Å². The van der Waals surface area contributed by atoms with Crippen LogP contribution in [0.5, 0.6) is 0 Å². The molecule has 0 saturated heterocycles. The van der Waals surface area contributed by atoms with Crippen molar-refractivity contribution < 1.29 is 4.42 Å². The van der Waals surface area contributed by atoms with Crippen LogP contribution in [0.2, 0.25) is 0 Å². The van der Waals surface area contributed by atoms with Gasteiger partial charge in [0.05, 0.1) is 0 Å². The Balaban J connectivity index is 1.99. The molecule has 3 aromatic rings. The Morgan fingerprint density at radius 2 is 1.71 bits per heavy atom. The van der Waals surface area contributed by atoms with Crippen molar-refractivity contribution in [3.63, 3.8) is 0 Å². The molecule has 0 amide bonds. The highest BCUT2D eigenvalue weighted by Gasteiger charge is 2.13. The quantitative estimate of drug-likeness (QED) is 0.693. The van der Waals surface area contributed by atoms with E-state index in [1.54, 1.807) is 0 Å².